The minimum Gasteiger partial charge on any atom is -0.454 e. The number of anilines is 1. The molecule has 5 heteroatoms. The molecule has 0 unspecified atom stereocenters. The normalized spacial score (nSPS) is 12.5. The molecule has 1 aliphatic heterocycles. The van der Waals surface area contributed by atoms with Crippen LogP contribution in [0.2, 0.25) is 0 Å². The lowest BCUT2D eigenvalue weighted by atomic mass is 10.2. The first-order chi connectivity index (χ1) is 8.83. The fourth-order valence-corrected chi connectivity index (χ4v) is 1.82. The van der Waals surface area contributed by atoms with E-state index in [2.05, 4.69) is 10.3 Å². The SMILES string of the molecule is Fc1cccc(NCc2cccc3c2OCO3)n1. The smallest absolute Gasteiger partial charge is 0.231 e. The molecular weight excluding hydrogens is 235 g/mol. The van der Waals surface area contributed by atoms with Gasteiger partial charge in [-0.1, -0.05) is 18.2 Å². The highest BCUT2D eigenvalue weighted by atomic mass is 19.1. The van der Waals surface area contributed by atoms with Gasteiger partial charge in [-0.2, -0.15) is 4.39 Å². The number of pyridine rings is 1. The molecule has 4 nitrogen and oxygen atoms in total. The van der Waals surface area contributed by atoms with E-state index in [1.165, 1.54) is 6.07 Å². The van der Waals surface area contributed by atoms with E-state index in [-0.39, 0.29) is 6.79 Å². The van der Waals surface area contributed by atoms with E-state index >= 15 is 0 Å². The van der Waals surface area contributed by atoms with E-state index in [1.54, 1.807) is 12.1 Å². The predicted octanol–water partition coefficient (Wildman–Crippen LogP) is 2.56. The van der Waals surface area contributed by atoms with Gasteiger partial charge in [0.25, 0.3) is 0 Å². The number of rotatable bonds is 3. The molecular formula is C13H11FN2O2. The van der Waals surface area contributed by atoms with Gasteiger partial charge in [0.2, 0.25) is 12.7 Å². The van der Waals surface area contributed by atoms with E-state index in [0.717, 1.165) is 17.1 Å². The summed E-state index contributed by atoms with van der Waals surface area (Å²) in [6.45, 7) is 0.744. The molecule has 0 amide bonds. The second-order valence-corrected chi connectivity index (χ2v) is 3.85. The molecule has 0 fully saturated rings. The van der Waals surface area contributed by atoms with Crippen LogP contribution in [0.25, 0.3) is 0 Å². The Morgan fingerprint density at radius 3 is 2.94 bits per heavy atom. The lowest BCUT2D eigenvalue weighted by Crippen LogP contribution is -2.03. The summed E-state index contributed by atoms with van der Waals surface area (Å²) in [6, 6.07) is 10.3. The van der Waals surface area contributed by atoms with Crippen molar-refractivity contribution in [3.63, 3.8) is 0 Å². The van der Waals surface area contributed by atoms with Crippen LogP contribution in [0.15, 0.2) is 36.4 Å². The summed E-state index contributed by atoms with van der Waals surface area (Å²) < 4.78 is 23.6. The highest BCUT2D eigenvalue weighted by Gasteiger charge is 2.16. The lowest BCUT2D eigenvalue weighted by Gasteiger charge is -2.08. The molecule has 1 aliphatic rings. The summed E-state index contributed by atoms with van der Waals surface area (Å²) in [5.41, 5.74) is 0.955. The molecule has 0 bridgehead atoms. The number of benzene rings is 1. The predicted molar refractivity (Wildman–Crippen MR) is 64.1 cm³/mol. The van der Waals surface area contributed by atoms with Crippen molar-refractivity contribution in [1.82, 2.24) is 4.98 Å². The number of nitrogens with one attached hydrogen (secondary N) is 1. The Kier molecular flexibility index (Phi) is 2.72. The highest BCUT2D eigenvalue weighted by Crippen LogP contribution is 2.35. The second kappa shape index (κ2) is 4.52. The van der Waals surface area contributed by atoms with E-state index in [9.17, 15) is 4.39 Å². The summed E-state index contributed by atoms with van der Waals surface area (Å²) >= 11 is 0. The number of fused-ring (bicyclic) bond motifs is 1. The molecule has 0 atom stereocenters. The Bertz CT molecular complexity index is 575. The van der Waals surface area contributed by atoms with E-state index in [0.29, 0.717) is 12.4 Å². The van der Waals surface area contributed by atoms with Crippen molar-refractivity contribution in [2.75, 3.05) is 12.1 Å². The number of ether oxygens (including phenoxy) is 2. The Morgan fingerprint density at radius 2 is 2.06 bits per heavy atom. The summed E-state index contributed by atoms with van der Waals surface area (Å²) in [7, 11) is 0. The van der Waals surface area contributed by atoms with Crippen LogP contribution in [0, 0.1) is 5.95 Å². The molecule has 2 aromatic rings. The van der Waals surface area contributed by atoms with Gasteiger partial charge >= 0.3 is 0 Å². The van der Waals surface area contributed by atoms with Crippen LogP contribution in [0.3, 0.4) is 0 Å². The maximum Gasteiger partial charge on any atom is 0.231 e. The van der Waals surface area contributed by atoms with E-state index in [4.69, 9.17) is 9.47 Å². The van der Waals surface area contributed by atoms with Gasteiger partial charge in [-0.05, 0) is 18.2 Å². The van der Waals surface area contributed by atoms with Crippen LogP contribution < -0.4 is 14.8 Å². The molecule has 3 rings (SSSR count). The van der Waals surface area contributed by atoms with Crippen molar-refractivity contribution < 1.29 is 13.9 Å². The van der Waals surface area contributed by atoms with Crippen LogP contribution in [0.4, 0.5) is 10.2 Å². The van der Waals surface area contributed by atoms with Crippen LogP contribution >= 0.6 is 0 Å². The summed E-state index contributed by atoms with van der Waals surface area (Å²) in [4.78, 5) is 3.73. The lowest BCUT2D eigenvalue weighted by molar-refractivity contribution is 0.173. The molecule has 0 spiro atoms. The second-order valence-electron chi connectivity index (χ2n) is 3.85. The van der Waals surface area contributed by atoms with Crippen molar-refractivity contribution in [2.45, 2.75) is 6.54 Å². The van der Waals surface area contributed by atoms with Gasteiger partial charge in [-0.3, -0.25) is 0 Å². The largest absolute Gasteiger partial charge is 0.454 e. The Balaban J connectivity index is 1.76. The first-order valence-corrected chi connectivity index (χ1v) is 5.57. The average molecular weight is 246 g/mol. The molecule has 1 aromatic heterocycles. The maximum atomic E-state index is 12.9. The van der Waals surface area contributed by atoms with E-state index < -0.39 is 5.95 Å². The minimum atomic E-state index is -0.502. The number of nitrogens with zero attached hydrogens (tertiary/aromatic N) is 1. The zero-order valence-electron chi connectivity index (χ0n) is 9.52. The average Bonchev–Trinajstić information content (AvgIpc) is 2.85. The number of hydrogen-bond acceptors (Lipinski definition) is 4. The molecule has 92 valence electrons. The highest BCUT2D eigenvalue weighted by molar-refractivity contribution is 5.49. The van der Waals surface area contributed by atoms with Crippen molar-refractivity contribution in [2.24, 2.45) is 0 Å². The van der Waals surface area contributed by atoms with Gasteiger partial charge < -0.3 is 14.8 Å². The third-order valence-electron chi connectivity index (χ3n) is 2.65. The van der Waals surface area contributed by atoms with Gasteiger partial charge in [0.1, 0.15) is 5.82 Å². The summed E-state index contributed by atoms with van der Waals surface area (Å²) in [5.74, 6) is 1.47. The number of para-hydroxylation sites is 1. The monoisotopic (exact) mass is 246 g/mol. The zero-order chi connectivity index (χ0) is 12.4. The fourth-order valence-electron chi connectivity index (χ4n) is 1.82. The quantitative estimate of drug-likeness (QED) is 0.845. The standard InChI is InChI=1S/C13H11FN2O2/c14-11-5-2-6-12(16-11)15-7-9-3-1-4-10-13(9)18-8-17-10/h1-6H,7-8H2,(H,15,16). The van der Waals surface area contributed by atoms with Gasteiger partial charge in [0.05, 0.1) is 0 Å². The Hall–Kier alpha value is -2.30. The Morgan fingerprint density at radius 1 is 1.17 bits per heavy atom. The van der Waals surface area contributed by atoms with Gasteiger partial charge in [-0.25, -0.2) is 4.98 Å². The van der Waals surface area contributed by atoms with Crippen molar-refractivity contribution in [3.8, 4) is 11.5 Å². The fraction of sp³-hybridized carbons (Fsp3) is 0.154. The molecule has 0 radical (unpaired) electrons. The van der Waals surface area contributed by atoms with Crippen LogP contribution in [0.1, 0.15) is 5.56 Å². The van der Waals surface area contributed by atoms with Crippen LogP contribution in [0.5, 0.6) is 11.5 Å². The van der Waals surface area contributed by atoms with Gasteiger partial charge in [0, 0.05) is 12.1 Å². The van der Waals surface area contributed by atoms with Crippen LogP contribution in [-0.2, 0) is 6.54 Å². The third kappa shape index (κ3) is 2.07. The number of aromatic nitrogens is 1. The van der Waals surface area contributed by atoms with Gasteiger partial charge in [0.15, 0.2) is 11.5 Å². The molecule has 2 heterocycles. The maximum absolute atomic E-state index is 12.9. The number of halogens is 1. The zero-order valence-corrected chi connectivity index (χ0v) is 9.52. The summed E-state index contributed by atoms with van der Waals surface area (Å²) in [5, 5.41) is 3.04. The molecule has 1 N–H and O–H groups in total. The number of hydrogen-bond donors (Lipinski definition) is 1. The molecule has 0 saturated heterocycles. The van der Waals surface area contributed by atoms with Crippen molar-refractivity contribution >= 4 is 5.82 Å². The molecule has 0 saturated carbocycles. The molecule has 18 heavy (non-hydrogen) atoms. The third-order valence-corrected chi connectivity index (χ3v) is 2.65. The minimum absolute atomic E-state index is 0.241. The van der Waals surface area contributed by atoms with Crippen molar-refractivity contribution in [3.05, 3.63) is 47.9 Å². The van der Waals surface area contributed by atoms with Gasteiger partial charge in [-0.15, -0.1) is 0 Å². The molecule has 0 aliphatic carbocycles. The first kappa shape index (κ1) is 10.8. The van der Waals surface area contributed by atoms with Crippen LogP contribution in [-0.4, -0.2) is 11.8 Å². The molecule has 1 aromatic carbocycles. The first-order valence-electron chi connectivity index (χ1n) is 5.57. The topological polar surface area (TPSA) is 43.4 Å². The Labute approximate surface area is 103 Å². The van der Waals surface area contributed by atoms with E-state index in [1.807, 2.05) is 18.2 Å². The summed E-state index contributed by atoms with van der Waals surface area (Å²) in [6.07, 6.45) is 0. The van der Waals surface area contributed by atoms with Crippen molar-refractivity contribution in [1.29, 1.82) is 0 Å².